The summed E-state index contributed by atoms with van der Waals surface area (Å²) in [5.41, 5.74) is -0.860. The molecule has 103 heavy (non-hydrogen) atoms. The number of likely N-dealkylation sites (N-methyl/N-ethyl adjacent to an activating group) is 2. The molecule has 8 atom stereocenters. The number of hydrogen-bond acceptors (Lipinski definition) is 19. The van der Waals surface area contributed by atoms with Crippen molar-refractivity contribution in [2.75, 3.05) is 74.3 Å². The molecule has 4 saturated heterocycles. The lowest BCUT2D eigenvalue weighted by molar-refractivity contribution is -0.151. The number of carboxylic acids is 3. The fraction of sp³-hybridized carbons (Fsp3) is 0.905. The summed E-state index contributed by atoms with van der Waals surface area (Å²) in [5.74, 6) is -3.00. The van der Waals surface area contributed by atoms with Crippen molar-refractivity contribution < 1.29 is 89.6 Å². The Labute approximate surface area is 630 Å². The van der Waals surface area contributed by atoms with Crippen LogP contribution in [0.5, 0.6) is 0 Å². The zero-order chi connectivity index (χ0) is 81.1. The van der Waals surface area contributed by atoms with Gasteiger partial charge in [0.2, 0.25) is 5.91 Å². The highest BCUT2D eigenvalue weighted by Crippen LogP contribution is 2.50. The van der Waals surface area contributed by atoms with Gasteiger partial charge in [-0.15, -0.1) is 0 Å². The van der Waals surface area contributed by atoms with E-state index in [9.17, 15) is 38.7 Å². The SMILES string of the molecule is CC(=O)N1C[C@H](O[Si](C)(C)C(C)(C)C)C[C@H]1C(=O)O.CC(C)(C)[Si](C)(C)OCC1(C(=O)O)CC1.CCOC(=O)C1(CO[Si](C)(C)C(C)(C)C)CC1.CN1C[C@H](O[Si](C)(C)C(C)(C)C)C[C@H]1C(=O)O.COC(=O)[C@@H]1C[C@@H](O[Si](C)(C)C(C)(C)C)CN1.COC(=O)[C@@H]1C[C@@H](O[Si](C)(C)C(C)(C)C)CN1C. The third-order valence-electron chi connectivity index (χ3n) is 24.3. The summed E-state index contributed by atoms with van der Waals surface area (Å²) in [6.07, 6.45) is 6.05. The first-order chi connectivity index (χ1) is 46.0. The zero-order valence-electron chi connectivity index (χ0n) is 71.4. The first-order valence-electron chi connectivity index (χ1n) is 37.4. The number of hydrogen-bond donors (Lipinski definition) is 4. The van der Waals surface area contributed by atoms with E-state index in [1.807, 2.05) is 30.8 Å². The lowest BCUT2D eigenvalue weighted by Gasteiger charge is -2.38. The number of ether oxygens (including phenoxy) is 3. The number of carbonyl (C=O) groups is 7. The Kier molecular flexibility index (Phi) is 35.6. The third-order valence-corrected chi connectivity index (χ3v) is 51.4. The van der Waals surface area contributed by atoms with Crippen LogP contribution in [0.2, 0.25) is 109 Å². The summed E-state index contributed by atoms with van der Waals surface area (Å²) in [6, 6.07) is -1.48. The van der Waals surface area contributed by atoms with E-state index in [1.165, 1.54) is 26.0 Å². The maximum Gasteiger partial charge on any atom is 0.326 e. The minimum absolute atomic E-state index is 0.0706. The molecule has 4 N–H and O–H groups in total. The summed E-state index contributed by atoms with van der Waals surface area (Å²) in [5, 5.41) is 31.4. The fourth-order valence-electron chi connectivity index (χ4n) is 10.2. The summed E-state index contributed by atoms with van der Waals surface area (Å²) in [6.45, 7) is 73.3. The van der Waals surface area contributed by atoms with Gasteiger partial charge in [-0.05, 0) is 175 Å². The smallest absolute Gasteiger partial charge is 0.326 e. The second kappa shape index (κ2) is 37.3. The quantitative estimate of drug-likeness (QED) is 0.0472. The molecule has 0 radical (unpaired) electrons. The molecule has 29 heteroatoms. The van der Waals surface area contributed by atoms with Gasteiger partial charge in [-0.25, -0.2) is 4.79 Å². The molecule has 0 unspecified atom stereocenters. The van der Waals surface area contributed by atoms with E-state index in [1.54, 1.807) is 0 Å². The number of amides is 1. The Balaban J connectivity index is 0.000000619. The molecule has 6 fully saturated rings. The van der Waals surface area contributed by atoms with Crippen molar-refractivity contribution >= 4 is 91.6 Å². The Morgan fingerprint density at radius 3 is 1.03 bits per heavy atom. The molecule has 4 aliphatic heterocycles. The molecule has 6 rings (SSSR count). The zero-order valence-corrected chi connectivity index (χ0v) is 77.4. The highest BCUT2D eigenvalue weighted by atomic mass is 28.4. The van der Waals surface area contributed by atoms with Gasteiger partial charge in [-0.3, -0.25) is 38.6 Å². The van der Waals surface area contributed by atoms with Crippen LogP contribution in [-0.4, -0.2) is 245 Å². The maximum absolute atomic E-state index is 11.8. The number of esters is 3. The van der Waals surface area contributed by atoms with Crippen molar-refractivity contribution in [2.24, 2.45) is 10.8 Å². The number of rotatable bonds is 21. The van der Waals surface area contributed by atoms with Crippen LogP contribution < -0.4 is 5.32 Å². The van der Waals surface area contributed by atoms with Gasteiger partial charge in [-0.2, -0.15) is 0 Å². The van der Waals surface area contributed by atoms with Crippen molar-refractivity contribution in [1.29, 1.82) is 0 Å². The van der Waals surface area contributed by atoms with Gasteiger partial charge < -0.3 is 66.3 Å². The molecule has 4 heterocycles. The number of likely N-dealkylation sites (tertiary alicyclic amines) is 3. The molecule has 23 nitrogen and oxygen atoms in total. The third kappa shape index (κ3) is 29.2. The highest BCUT2D eigenvalue weighted by molar-refractivity contribution is 6.76. The van der Waals surface area contributed by atoms with Crippen molar-refractivity contribution in [3.63, 3.8) is 0 Å². The molecule has 2 aliphatic carbocycles. The summed E-state index contributed by atoms with van der Waals surface area (Å²) in [7, 11) is -4.06. The average Bonchev–Trinajstić information content (AvgIpc) is 1.65. The minimum Gasteiger partial charge on any atom is -0.481 e. The number of methoxy groups -OCH3 is 2. The second-order valence-corrected chi connectivity index (χ2v) is 67.6. The van der Waals surface area contributed by atoms with E-state index in [2.05, 4.69) is 209 Å². The standard InChI is InChI=1S/C13H25NO4Si.C13H27NO3Si.C13H26O3Si.2C12H25NO3Si.C11H22O3Si/c1-9(15)14-8-10(7-11(14)12(16)17)18-19(5,6)13(2,3)4;1-13(2,3)18(6,7)17-10-8-11(12(15)16-5)14(4)9-10;1-7-15-11(14)13(8-9-13)10-16-17(5,6)12(2,3)4;1-12(2,3)17(5,6)16-9-7-10(13-8-9)11(14)15-4;1-12(2,3)17(5,6)16-9-7-10(11(14)15)13(4)8-9;1-10(2,3)15(4,5)14-8-11(6-7-11)9(12)13/h10-11H,7-8H2,1-6H3,(H,16,17);10-11H,8-9H2,1-7H3;7-10H2,1-6H3;9-10,13H,7-8H2,1-6H3;9-10H,7-8H2,1-6H3,(H,14,15);6-8H2,1-5H3,(H,12,13)/t2*10-,11+;;2*9-,10+;/m11.11./s1. The lowest BCUT2D eigenvalue weighted by atomic mass is 10.1. The normalized spacial score (nSPS) is 24.0. The first kappa shape index (κ1) is 98.2. The van der Waals surface area contributed by atoms with Crippen molar-refractivity contribution in [2.45, 2.75) is 347 Å². The molecular formula is C74H150N4O19Si6. The number of aliphatic carboxylic acids is 3. The van der Waals surface area contributed by atoms with Gasteiger partial charge in [0.15, 0.2) is 49.9 Å². The van der Waals surface area contributed by atoms with E-state index < -0.39 is 79.3 Å². The molecule has 0 aromatic carbocycles. The van der Waals surface area contributed by atoms with Crippen LogP contribution in [0.3, 0.4) is 0 Å². The van der Waals surface area contributed by atoms with E-state index in [0.717, 1.165) is 58.2 Å². The predicted octanol–water partition coefficient (Wildman–Crippen LogP) is 14.6. The first-order valence-corrected chi connectivity index (χ1v) is 54.9. The minimum atomic E-state index is -1.93. The lowest BCUT2D eigenvalue weighted by Crippen LogP contribution is -2.44. The summed E-state index contributed by atoms with van der Waals surface area (Å²) < 4.78 is 51.8. The van der Waals surface area contributed by atoms with Crippen LogP contribution in [-0.2, 0) is 74.3 Å². The van der Waals surface area contributed by atoms with Gasteiger partial charge in [0.25, 0.3) is 0 Å². The van der Waals surface area contributed by atoms with Crippen LogP contribution in [0.1, 0.15) is 190 Å². The average molecular weight is 1570 g/mol. The van der Waals surface area contributed by atoms with Crippen LogP contribution in [0.15, 0.2) is 0 Å². The van der Waals surface area contributed by atoms with Crippen LogP contribution >= 0.6 is 0 Å². The molecular weight excluding hydrogens is 1420 g/mol. The fourth-order valence-corrected chi connectivity index (χ4v) is 17.8. The van der Waals surface area contributed by atoms with Crippen molar-refractivity contribution in [3.05, 3.63) is 0 Å². The van der Waals surface area contributed by atoms with Crippen LogP contribution in [0.25, 0.3) is 0 Å². The molecule has 2 saturated carbocycles. The van der Waals surface area contributed by atoms with E-state index >= 15 is 0 Å². The molecule has 6 aliphatic rings. The van der Waals surface area contributed by atoms with Crippen molar-refractivity contribution in [1.82, 2.24) is 20.0 Å². The molecule has 0 aromatic heterocycles. The monoisotopic (exact) mass is 1570 g/mol. The van der Waals surface area contributed by atoms with E-state index in [-0.39, 0.29) is 102 Å². The van der Waals surface area contributed by atoms with E-state index in [4.69, 9.17) is 51.0 Å². The Bertz CT molecular complexity index is 2750. The van der Waals surface area contributed by atoms with Gasteiger partial charge >= 0.3 is 35.8 Å². The summed E-state index contributed by atoms with van der Waals surface area (Å²) in [4.78, 5) is 84.8. The summed E-state index contributed by atoms with van der Waals surface area (Å²) >= 11 is 0. The number of nitrogens with zero attached hydrogens (tertiary/aromatic N) is 3. The van der Waals surface area contributed by atoms with Gasteiger partial charge in [0.1, 0.15) is 24.2 Å². The molecule has 604 valence electrons. The molecule has 1 amide bonds. The topological polar surface area (TPSA) is 285 Å². The Morgan fingerprint density at radius 2 is 0.748 bits per heavy atom. The van der Waals surface area contributed by atoms with Gasteiger partial charge in [0, 0.05) is 39.5 Å². The van der Waals surface area contributed by atoms with Crippen LogP contribution in [0.4, 0.5) is 0 Å². The van der Waals surface area contributed by atoms with E-state index in [0.29, 0.717) is 39.2 Å². The van der Waals surface area contributed by atoms with Crippen LogP contribution in [0, 0.1) is 10.8 Å². The largest absolute Gasteiger partial charge is 0.481 e. The predicted molar refractivity (Wildman–Crippen MR) is 426 cm³/mol. The molecule has 0 spiro atoms. The Hall–Kier alpha value is -2.77. The second-order valence-electron chi connectivity index (χ2n) is 38.9. The Morgan fingerprint density at radius 1 is 0.437 bits per heavy atom. The molecule has 0 bridgehead atoms. The van der Waals surface area contributed by atoms with Crippen molar-refractivity contribution in [3.8, 4) is 0 Å². The highest BCUT2D eigenvalue weighted by Gasteiger charge is 2.55. The van der Waals surface area contributed by atoms with Gasteiger partial charge in [-0.1, -0.05) is 125 Å². The number of nitrogens with one attached hydrogen (secondary N) is 1. The van der Waals surface area contributed by atoms with Gasteiger partial charge in [0.05, 0.1) is 69.3 Å². The number of carbonyl (C=O) groups excluding carboxylic acids is 4. The molecule has 0 aromatic rings. The maximum atomic E-state index is 11.8. The number of carboxylic acid groups (broad SMARTS) is 3.